The highest BCUT2D eigenvalue weighted by Crippen LogP contribution is 2.21. The third kappa shape index (κ3) is 2.52. The standard InChI is InChI=1S/C9H10BrNO3/c1-6(11(13)14)9(12)7-3-2-4-8(10)5-7/h2-6,9,12H,1H3/t6-,9+/m1/s1. The molecular weight excluding hydrogens is 250 g/mol. The van der Waals surface area contributed by atoms with Crippen molar-refractivity contribution in [1.29, 1.82) is 0 Å². The summed E-state index contributed by atoms with van der Waals surface area (Å²) >= 11 is 3.24. The van der Waals surface area contributed by atoms with Crippen LogP contribution in [0, 0.1) is 10.1 Å². The molecule has 4 nitrogen and oxygen atoms in total. The predicted molar refractivity (Wildman–Crippen MR) is 55.6 cm³/mol. The second-order valence-corrected chi connectivity index (χ2v) is 3.94. The summed E-state index contributed by atoms with van der Waals surface area (Å²) in [5, 5.41) is 20.1. The van der Waals surface area contributed by atoms with Crippen molar-refractivity contribution >= 4 is 15.9 Å². The molecule has 0 saturated heterocycles. The van der Waals surface area contributed by atoms with Crippen LogP contribution in [0.1, 0.15) is 18.6 Å². The third-order valence-electron chi connectivity index (χ3n) is 1.98. The number of rotatable bonds is 3. The van der Waals surface area contributed by atoms with Crippen molar-refractivity contribution in [3.63, 3.8) is 0 Å². The molecule has 1 aromatic rings. The van der Waals surface area contributed by atoms with Gasteiger partial charge in [0.25, 0.3) is 0 Å². The highest BCUT2D eigenvalue weighted by molar-refractivity contribution is 9.10. The van der Waals surface area contributed by atoms with E-state index in [1.54, 1.807) is 24.3 Å². The lowest BCUT2D eigenvalue weighted by atomic mass is 10.0. The first-order valence-corrected chi connectivity index (χ1v) is 4.88. The number of aliphatic hydroxyl groups excluding tert-OH is 1. The molecule has 2 atom stereocenters. The van der Waals surface area contributed by atoms with Gasteiger partial charge < -0.3 is 5.11 Å². The van der Waals surface area contributed by atoms with Gasteiger partial charge in [-0.1, -0.05) is 28.1 Å². The average molecular weight is 260 g/mol. The molecule has 76 valence electrons. The average Bonchev–Trinajstić information content (AvgIpc) is 2.15. The summed E-state index contributed by atoms with van der Waals surface area (Å²) in [6, 6.07) is 5.87. The second kappa shape index (κ2) is 4.52. The topological polar surface area (TPSA) is 63.4 Å². The van der Waals surface area contributed by atoms with E-state index in [4.69, 9.17) is 0 Å². The van der Waals surface area contributed by atoms with E-state index in [1.807, 2.05) is 0 Å². The minimum absolute atomic E-state index is 0.494. The summed E-state index contributed by atoms with van der Waals surface area (Å²) < 4.78 is 0.796. The summed E-state index contributed by atoms with van der Waals surface area (Å²) in [4.78, 5) is 9.94. The Morgan fingerprint density at radius 2 is 2.21 bits per heavy atom. The fourth-order valence-electron chi connectivity index (χ4n) is 1.08. The Labute approximate surface area is 89.8 Å². The maximum absolute atomic E-state index is 10.4. The maximum atomic E-state index is 10.4. The van der Waals surface area contributed by atoms with Gasteiger partial charge in [-0.25, -0.2) is 0 Å². The van der Waals surface area contributed by atoms with Crippen LogP contribution < -0.4 is 0 Å². The zero-order valence-electron chi connectivity index (χ0n) is 7.55. The predicted octanol–water partition coefficient (Wildman–Crippen LogP) is 2.15. The summed E-state index contributed by atoms with van der Waals surface area (Å²) in [6.07, 6.45) is -1.07. The Hall–Kier alpha value is -0.940. The highest BCUT2D eigenvalue weighted by Gasteiger charge is 2.25. The molecule has 0 heterocycles. The maximum Gasteiger partial charge on any atom is 0.239 e. The number of hydrogen-bond acceptors (Lipinski definition) is 3. The van der Waals surface area contributed by atoms with Gasteiger partial charge in [0.15, 0.2) is 0 Å². The van der Waals surface area contributed by atoms with Crippen LogP contribution in [-0.2, 0) is 0 Å². The molecule has 0 aliphatic heterocycles. The van der Waals surface area contributed by atoms with Crippen molar-refractivity contribution in [2.75, 3.05) is 0 Å². The van der Waals surface area contributed by atoms with Gasteiger partial charge >= 0.3 is 0 Å². The third-order valence-corrected chi connectivity index (χ3v) is 2.47. The molecule has 1 rings (SSSR count). The van der Waals surface area contributed by atoms with Gasteiger partial charge in [-0.2, -0.15) is 0 Å². The summed E-state index contributed by atoms with van der Waals surface area (Å²) in [6.45, 7) is 1.38. The number of aliphatic hydroxyl groups is 1. The monoisotopic (exact) mass is 259 g/mol. The first kappa shape index (κ1) is 11.1. The van der Waals surface area contributed by atoms with Gasteiger partial charge in [-0.15, -0.1) is 0 Å². The molecule has 5 heteroatoms. The Morgan fingerprint density at radius 3 is 2.71 bits per heavy atom. The van der Waals surface area contributed by atoms with Crippen molar-refractivity contribution in [3.05, 3.63) is 44.4 Å². The fourth-order valence-corrected chi connectivity index (χ4v) is 1.50. The molecule has 1 N–H and O–H groups in total. The van der Waals surface area contributed by atoms with E-state index in [0.29, 0.717) is 5.56 Å². The minimum atomic E-state index is -1.07. The van der Waals surface area contributed by atoms with E-state index in [-0.39, 0.29) is 0 Å². The van der Waals surface area contributed by atoms with E-state index in [0.717, 1.165) is 4.47 Å². The van der Waals surface area contributed by atoms with Gasteiger partial charge in [0, 0.05) is 16.3 Å². The lowest BCUT2D eigenvalue weighted by molar-refractivity contribution is -0.531. The van der Waals surface area contributed by atoms with Crippen LogP contribution in [0.5, 0.6) is 0 Å². The van der Waals surface area contributed by atoms with Crippen LogP contribution in [0.25, 0.3) is 0 Å². The quantitative estimate of drug-likeness (QED) is 0.669. The number of benzene rings is 1. The van der Waals surface area contributed by atoms with Crippen molar-refractivity contribution in [2.24, 2.45) is 0 Å². The normalized spacial score (nSPS) is 14.8. The zero-order valence-corrected chi connectivity index (χ0v) is 9.14. The SMILES string of the molecule is C[C@H]([C@H](O)c1cccc(Br)c1)[N+](=O)[O-]. The summed E-state index contributed by atoms with van der Waals surface area (Å²) in [5.41, 5.74) is 0.545. The molecule has 0 amide bonds. The van der Waals surface area contributed by atoms with Crippen LogP contribution in [0.4, 0.5) is 0 Å². The van der Waals surface area contributed by atoms with E-state index in [2.05, 4.69) is 15.9 Å². The van der Waals surface area contributed by atoms with Crippen molar-refractivity contribution in [2.45, 2.75) is 19.1 Å². The largest absolute Gasteiger partial charge is 0.381 e. The highest BCUT2D eigenvalue weighted by atomic mass is 79.9. The molecule has 0 fully saturated rings. The van der Waals surface area contributed by atoms with Crippen LogP contribution in [0.3, 0.4) is 0 Å². The second-order valence-electron chi connectivity index (χ2n) is 3.03. The van der Waals surface area contributed by atoms with E-state index >= 15 is 0 Å². The van der Waals surface area contributed by atoms with Crippen molar-refractivity contribution in [1.82, 2.24) is 0 Å². The molecule has 0 radical (unpaired) electrons. The Bertz CT molecular complexity index is 343. The van der Waals surface area contributed by atoms with E-state index in [1.165, 1.54) is 6.92 Å². The first-order chi connectivity index (χ1) is 6.52. The Balaban J connectivity index is 2.89. The Morgan fingerprint density at radius 1 is 1.57 bits per heavy atom. The lowest BCUT2D eigenvalue weighted by Crippen LogP contribution is -2.23. The van der Waals surface area contributed by atoms with Gasteiger partial charge in [-0.3, -0.25) is 10.1 Å². The van der Waals surface area contributed by atoms with Crippen LogP contribution >= 0.6 is 15.9 Å². The minimum Gasteiger partial charge on any atom is -0.381 e. The smallest absolute Gasteiger partial charge is 0.239 e. The summed E-state index contributed by atoms with van der Waals surface area (Å²) in [5.74, 6) is 0. The molecule has 0 bridgehead atoms. The van der Waals surface area contributed by atoms with E-state index in [9.17, 15) is 15.2 Å². The first-order valence-electron chi connectivity index (χ1n) is 4.09. The molecule has 0 unspecified atom stereocenters. The Kier molecular flexibility index (Phi) is 3.60. The fraction of sp³-hybridized carbons (Fsp3) is 0.333. The molecule has 14 heavy (non-hydrogen) atoms. The van der Waals surface area contributed by atoms with E-state index < -0.39 is 17.1 Å². The summed E-state index contributed by atoms with van der Waals surface area (Å²) in [7, 11) is 0. The van der Waals surface area contributed by atoms with Crippen molar-refractivity contribution in [3.8, 4) is 0 Å². The lowest BCUT2D eigenvalue weighted by Gasteiger charge is -2.12. The van der Waals surface area contributed by atoms with Crippen molar-refractivity contribution < 1.29 is 10.0 Å². The number of halogens is 1. The molecular formula is C9H10BrNO3. The molecule has 1 aromatic carbocycles. The molecule has 0 aliphatic carbocycles. The molecule has 0 spiro atoms. The van der Waals surface area contributed by atoms with Gasteiger partial charge in [0.05, 0.1) is 0 Å². The van der Waals surface area contributed by atoms with Crippen LogP contribution in [0.2, 0.25) is 0 Å². The zero-order chi connectivity index (χ0) is 10.7. The number of hydrogen-bond donors (Lipinski definition) is 1. The van der Waals surface area contributed by atoms with Gasteiger partial charge in [-0.05, 0) is 17.7 Å². The van der Waals surface area contributed by atoms with Crippen LogP contribution in [0.15, 0.2) is 28.7 Å². The van der Waals surface area contributed by atoms with Crippen LogP contribution in [-0.4, -0.2) is 16.1 Å². The van der Waals surface area contributed by atoms with Gasteiger partial charge in [0.1, 0.15) is 6.10 Å². The number of nitro groups is 1. The number of nitrogens with zero attached hydrogens (tertiary/aromatic N) is 1. The van der Waals surface area contributed by atoms with Gasteiger partial charge in [0.2, 0.25) is 6.04 Å². The molecule has 0 aromatic heterocycles. The molecule has 0 aliphatic rings. The molecule has 0 saturated carbocycles.